The minimum absolute atomic E-state index is 0.193. The molecule has 1 atom stereocenters. The van der Waals surface area contributed by atoms with Gasteiger partial charge >= 0.3 is 6.03 Å². The highest BCUT2D eigenvalue weighted by Crippen LogP contribution is 2.39. The fourth-order valence-corrected chi connectivity index (χ4v) is 4.44. The van der Waals surface area contributed by atoms with E-state index in [0.29, 0.717) is 11.7 Å². The predicted molar refractivity (Wildman–Crippen MR) is 138 cm³/mol. The first kappa shape index (κ1) is 22.6. The summed E-state index contributed by atoms with van der Waals surface area (Å²) < 4.78 is 5.79. The Morgan fingerprint density at radius 2 is 1.69 bits per heavy atom. The smallest absolute Gasteiger partial charge is 0.326 e. The summed E-state index contributed by atoms with van der Waals surface area (Å²) in [4.78, 5) is 19.8. The summed E-state index contributed by atoms with van der Waals surface area (Å²) >= 11 is 0. The SMILES string of the molecule is CCc1ccc(N2C(=O)NC(c3ccc(C)c(C)c3)C(c3nc(-c4ccccc4)no3)=C2C)cc1. The molecule has 6 heteroatoms. The summed E-state index contributed by atoms with van der Waals surface area (Å²) in [6, 6.07) is 23.4. The molecular weight excluding hydrogens is 436 g/mol. The number of allylic oxidation sites excluding steroid dienone is 1. The van der Waals surface area contributed by atoms with Crippen LogP contribution < -0.4 is 10.2 Å². The van der Waals surface area contributed by atoms with Gasteiger partial charge in [-0.1, -0.05) is 72.7 Å². The number of urea groups is 1. The monoisotopic (exact) mass is 464 g/mol. The van der Waals surface area contributed by atoms with Gasteiger partial charge in [-0.2, -0.15) is 4.98 Å². The van der Waals surface area contributed by atoms with Gasteiger partial charge in [0.25, 0.3) is 5.89 Å². The lowest BCUT2D eigenvalue weighted by molar-refractivity contribution is 0.244. The molecule has 0 aliphatic carbocycles. The van der Waals surface area contributed by atoms with E-state index in [1.807, 2.05) is 67.6 Å². The number of aromatic nitrogens is 2. The number of aryl methyl sites for hydroxylation is 3. The zero-order chi connectivity index (χ0) is 24.5. The third kappa shape index (κ3) is 4.23. The van der Waals surface area contributed by atoms with E-state index in [2.05, 4.69) is 43.4 Å². The zero-order valence-electron chi connectivity index (χ0n) is 20.4. The van der Waals surface area contributed by atoms with Crippen molar-refractivity contribution < 1.29 is 9.32 Å². The molecule has 1 aliphatic rings. The Morgan fingerprint density at radius 1 is 0.943 bits per heavy atom. The van der Waals surface area contributed by atoms with E-state index < -0.39 is 6.04 Å². The van der Waals surface area contributed by atoms with Crippen LogP contribution in [0.3, 0.4) is 0 Å². The topological polar surface area (TPSA) is 71.3 Å². The van der Waals surface area contributed by atoms with Crippen molar-refractivity contribution in [1.29, 1.82) is 0 Å². The van der Waals surface area contributed by atoms with Crippen molar-refractivity contribution in [3.8, 4) is 11.4 Å². The van der Waals surface area contributed by atoms with E-state index in [4.69, 9.17) is 9.51 Å². The number of benzene rings is 3. The van der Waals surface area contributed by atoms with Gasteiger partial charge < -0.3 is 9.84 Å². The highest BCUT2D eigenvalue weighted by molar-refractivity contribution is 6.01. The van der Waals surface area contributed by atoms with E-state index in [9.17, 15) is 4.79 Å². The quantitative estimate of drug-likeness (QED) is 0.360. The molecule has 2 amide bonds. The second kappa shape index (κ2) is 9.22. The summed E-state index contributed by atoms with van der Waals surface area (Å²) in [5, 5.41) is 7.43. The molecule has 6 nitrogen and oxygen atoms in total. The van der Waals surface area contributed by atoms with Crippen LogP contribution >= 0.6 is 0 Å². The maximum absolute atomic E-state index is 13.4. The number of carbonyl (C=O) groups excluding carboxylic acids is 1. The number of hydrogen-bond donors (Lipinski definition) is 1. The van der Waals surface area contributed by atoms with Crippen molar-refractivity contribution in [2.24, 2.45) is 0 Å². The number of nitrogens with zero attached hydrogens (tertiary/aromatic N) is 3. The Kier molecular flexibility index (Phi) is 5.95. The van der Waals surface area contributed by atoms with Gasteiger partial charge in [-0.15, -0.1) is 0 Å². The fourth-order valence-electron chi connectivity index (χ4n) is 4.44. The first-order valence-electron chi connectivity index (χ1n) is 11.8. The van der Waals surface area contributed by atoms with Gasteiger partial charge in [0.05, 0.1) is 17.3 Å². The van der Waals surface area contributed by atoms with Crippen LogP contribution in [0.4, 0.5) is 10.5 Å². The van der Waals surface area contributed by atoms with E-state index >= 15 is 0 Å². The number of carbonyl (C=O) groups is 1. The molecule has 0 saturated heterocycles. The molecule has 5 rings (SSSR count). The summed E-state index contributed by atoms with van der Waals surface area (Å²) in [6.07, 6.45) is 0.936. The van der Waals surface area contributed by atoms with Crippen LogP contribution in [-0.4, -0.2) is 16.2 Å². The van der Waals surface area contributed by atoms with Crippen molar-refractivity contribution >= 4 is 17.3 Å². The van der Waals surface area contributed by atoms with Crippen molar-refractivity contribution in [2.45, 2.75) is 40.2 Å². The molecule has 0 radical (unpaired) electrons. The normalized spacial score (nSPS) is 15.9. The van der Waals surface area contributed by atoms with E-state index in [0.717, 1.165) is 40.1 Å². The Labute approximate surface area is 205 Å². The number of rotatable bonds is 5. The Balaban J connectivity index is 1.65. The van der Waals surface area contributed by atoms with Crippen LogP contribution in [0.15, 0.2) is 83.0 Å². The summed E-state index contributed by atoms with van der Waals surface area (Å²) in [7, 11) is 0. The maximum Gasteiger partial charge on any atom is 0.326 e. The predicted octanol–water partition coefficient (Wildman–Crippen LogP) is 6.62. The minimum Gasteiger partial charge on any atom is -0.334 e. The van der Waals surface area contributed by atoms with Gasteiger partial charge in [0, 0.05) is 11.3 Å². The van der Waals surface area contributed by atoms with Crippen molar-refractivity contribution in [2.75, 3.05) is 4.90 Å². The molecule has 1 N–H and O–H groups in total. The van der Waals surface area contributed by atoms with Gasteiger partial charge in [0.2, 0.25) is 5.82 Å². The first-order chi connectivity index (χ1) is 17.0. The lowest BCUT2D eigenvalue weighted by Crippen LogP contribution is -2.46. The van der Waals surface area contributed by atoms with Crippen molar-refractivity contribution in [1.82, 2.24) is 15.5 Å². The minimum atomic E-state index is -0.419. The third-order valence-electron chi connectivity index (χ3n) is 6.64. The van der Waals surface area contributed by atoms with E-state index in [1.165, 1.54) is 11.1 Å². The number of amides is 2. The van der Waals surface area contributed by atoms with Gasteiger partial charge in [-0.3, -0.25) is 4.90 Å². The summed E-state index contributed by atoms with van der Waals surface area (Å²) in [5.74, 6) is 0.898. The molecule has 4 aromatic rings. The van der Waals surface area contributed by atoms with Gasteiger partial charge in [-0.25, -0.2) is 4.79 Å². The molecule has 0 fully saturated rings. The highest BCUT2D eigenvalue weighted by atomic mass is 16.5. The van der Waals surface area contributed by atoms with Crippen LogP contribution in [0.25, 0.3) is 17.0 Å². The van der Waals surface area contributed by atoms with Crippen LogP contribution in [0, 0.1) is 13.8 Å². The first-order valence-corrected chi connectivity index (χ1v) is 11.8. The lowest BCUT2D eigenvalue weighted by atomic mass is 9.92. The van der Waals surface area contributed by atoms with Gasteiger partial charge in [0.15, 0.2) is 0 Å². The number of hydrogen-bond acceptors (Lipinski definition) is 4. The van der Waals surface area contributed by atoms with E-state index in [1.54, 1.807) is 4.90 Å². The Hall–Kier alpha value is -4.19. The Bertz CT molecular complexity index is 1400. The van der Waals surface area contributed by atoms with Crippen LogP contribution in [0.2, 0.25) is 0 Å². The Morgan fingerprint density at radius 3 is 2.37 bits per heavy atom. The van der Waals surface area contributed by atoms with Crippen molar-refractivity contribution in [3.63, 3.8) is 0 Å². The maximum atomic E-state index is 13.4. The van der Waals surface area contributed by atoms with Gasteiger partial charge in [0.1, 0.15) is 0 Å². The summed E-state index contributed by atoms with van der Waals surface area (Å²) in [5.41, 5.74) is 7.72. The van der Waals surface area contributed by atoms with Crippen LogP contribution in [0.1, 0.15) is 48.0 Å². The molecule has 0 saturated carbocycles. The molecule has 0 spiro atoms. The molecule has 0 bridgehead atoms. The van der Waals surface area contributed by atoms with Crippen LogP contribution in [-0.2, 0) is 6.42 Å². The number of anilines is 1. The molecule has 2 heterocycles. The molecule has 176 valence electrons. The standard InChI is InChI=1S/C29H28N4O2/c1-5-21-12-15-24(16-13-21)33-20(4)25(28-31-27(32-35-28)22-9-7-6-8-10-22)26(30-29(33)34)23-14-11-18(2)19(3)17-23/h6-17,26H,5H2,1-4H3,(H,30,34). The van der Waals surface area contributed by atoms with E-state index in [-0.39, 0.29) is 6.03 Å². The number of nitrogens with one attached hydrogen (secondary N) is 1. The van der Waals surface area contributed by atoms with Crippen LogP contribution in [0.5, 0.6) is 0 Å². The molecule has 1 aromatic heterocycles. The zero-order valence-corrected chi connectivity index (χ0v) is 20.4. The second-order valence-corrected chi connectivity index (χ2v) is 8.87. The average Bonchev–Trinajstić information content (AvgIpc) is 3.36. The molecule has 3 aromatic carbocycles. The largest absolute Gasteiger partial charge is 0.334 e. The molecular formula is C29H28N4O2. The molecule has 1 unspecified atom stereocenters. The molecule has 35 heavy (non-hydrogen) atoms. The highest BCUT2D eigenvalue weighted by Gasteiger charge is 2.36. The average molecular weight is 465 g/mol. The summed E-state index contributed by atoms with van der Waals surface area (Å²) in [6.45, 7) is 8.19. The second-order valence-electron chi connectivity index (χ2n) is 8.87. The third-order valence-corrected chi connectivity index (χ3v) is 6.64. The van der Waals surface area contributed by atoms with Crippen molar-refractivity contribution in [3.05, 3.63) is 107 Å². The lowest BCUT2D eigenvalue weighted by Gasteiger charge is -2.35. The molecule has 1 aliphatic heterocycles. The van der Waals surface area contributed by atoms with Gasteiger partial charge in [-0.05, 0) is 61.6 Å². The fraction of sp³-hybridized carbons (Fsp3) is 0.207.